The van der Waals surface area contributed by atoms with E-state index in [0.717, 1.165) is 24.8 Å². The average Bonchev–Trinajstić information content (AvgIpc) is 2.54. The van der Waals surface area contributed by atoms with Crippen molar-refractivity contribution in [3.05, 3.63) is 22.4 Å². The van der Waals surface area contributed by atoms with E-state index in [-0.39, 0.29) is 5.60 Å². The summed E-state index contributed by atoms with van der Waals surface area (Å²) in [6.07, 6.45) is 2.66. The predicted molar refractivity (Wildman–Crippen MR) is 52.9 cm³/mol. The van der Waals surface area contributed by atoms with Gasteiger partial charge in [-0.2, -0.15) is 11.3 Å². The lowest BCUT2D eigenvalue weighted by molar-refractivity contribution is -0.151. The third-order valence-corrected chi connectivity index (χ3v) is 3.67. The Labute approximate surface area is 82.2 Å². The van der Waals surface area contributed by atoms with E-state index in [1.165, 1.54) is 0 Å². The zero-order chi connectivity index (χ0) is 9.31. The van der Waals surface area contributed by atoms with E-state index in [1.807, 2.05) is 16.8 Å². The molecule has 0 radical (unpaired) electrons. The van der Waals surface area contributed by atoms with Crippen molar-refractivity contribution in [2.75, 3.05) is 7.11 Å². The average molecular weight is 198 g/mol. The van der Waals surface area contributed by atoms with E-state index < -0.39 is 6.10 Å². The van der Waals surface area contributed by atoms with Crippen molar-refractivity contribution < 1.29 is 9.84 Å². The minimum absolute atomic E-state index is 0.291. The van der Waals surface area contributed by atoms with E-state index >= 15 is 0 Å². The van der Waals surface area contributed by atoms with Gasteiger partial charge >= 0.3 is 0 Å². The van der Waals surface area contributed by atoms with Gasteiger partial charge in [0.05, 0.1) is 5.60 Å². The van der Waals surface area contributed by atoms with Crippen molar-refractivity contribution in [2.45, 2.75) is 31.0 Å². The van der Waals surface area contributed by atoms with Crippen molar-refractivity contribution in [3.8, 4) is 0 Å². The summed E-state index contributed by atoms with van der Waals surface area (Å²) in [5.41, 5.74) is 0.702. The summed E-state index contributed by atoms with van der Waals surface area (Å²) in [7, 11) is 1.69. The second-order valence-electron chi connectivity index (χ2n) is 3.58. The van der Waals surface area contributed by atoms with Gasteiger partial charge in [-0.15, -0.1) is 0 Å². The first kappa shape index (κ1) is 9.19. The molecule has 3 heteroatoms. The van der Waals surface area contributed by atoms with Gasteiger partial charge < -0.3 is 9.84 Å². The molecular formula is C10H14O2S. The van der Waals surface area contributed by atoms with Gasteiger partial charge in [0, 0.05) is 7.11 Å². The molecule has 0 amide bonds. The molecule has 0 bridgehead atoms. The van der Waals surface area contributed by atoms with E-state index in [9.17, 15) is 5.11 Å². The Morgan fingerprint density at radius 2 is 2.38 bits per heavy atom. The largest absolute Gasteiger partial charge is 0.385 e. The van der Waals surface area contributed by atoms with Gasteiger partial charge in [-0.25, -0.2) is 0 Å². The number of methoxy groups -OCH3 is 1. The molecule has 1 aromatic rings. The molecule has 72 valence electrons. The number of hydrogen-bond acceptors (Lipinski definition) is 3. The maximum absolute atomic E-state index is 10.1. The molecule has 1 unspecified atom stereocenters. The van der Waals surface area contributed by atoms with Crippen LogP contribution in [-0.4, -0.2) is 17.8 Å². The molecule has 0 aromatic carbocycles. The Morgan fingerprint density at radius 1 is 1.62 bits per heavy atom. The van der Waals surface area contributed by atoms with Crippen LogP contribution in [0.2, 0.25) is 0 Å². The maximum Gasteiger partial charge on any atom is 0.109 e. The first-order valence-corrected chi connectivity index (χ1v) is 5.48. The number of ether oxygens (including phenoxy) is 1. The first-order valence-electron chi connectivity index (χ1n) is 4.54. The molecule has 0 saturated heterocycles. The summed E-state index contributed by atoms with van der Waals surface area (Å²) in [5, 5.41) is 14.0. The van der Waals surface area contributed by atoms with Crippen LogP contribution in [0.5, 0.6) is 0 Å². The van der Waals surface area contributed by atoms with Crippen LogP contribution in [0.4, 0.5) is 0 Å². The number of hydrogen-bond donors (Lipinski definition) is 1. The van der Waals surface area contributed by atoms with Gasteiger partial charge in [0.1, 0.15) is 6.10 Å². The van der Waals surface area contributed by atoms with Crippen LogP contribution in [-0.2, 0) is 4.74 Å². The molecule has 1 fully saturated rings. The predicted octanol–water partition coefficient (Wildman–Crippen LogP) is 2.35. The van der Waals surface area contributed by atoms with Gasteiger partial charge in [0.2, 0.25) is 0 Å². The third kappa shape index (κ3) is 1.41. The molecule has 1 saturated carbocycles. The summed E-state index contributed by atoms with van der Waals surface area (Å²) in [4.78, 5) is 0. The summed E-state index contributed by atoms with van der Waals surface area (Å²) in [5.74, 6) is 0. The highest BCUT2D eigenvalue weighted by molar-refractivity contribution is 7.07. The second kappa shape index (κ2) is 3.40. The molecule has 1 aliphatic carbocycles. The summed E-state index contributed by atoms with van der Waals surface area (Å²) >= 11 is 1.61. The second-order valence-corrected chi connectivity index (χ2v) is 4.36. The Bertz CT molecular complexity index is 259. The van der Waals surface area contributed by atoms with Crippen LogP contribution in [0.1, 0.15) is 30.9 Å². The highest BCUT2D eigenvalue weighted by Crippen LogP contribution is 2.45. The molecule has 1 aliphatic rings. The van der Waals surface area contributed by atoms with Gasteiger partial charge in [-0.3, -0.25) is 0 Å². The van der Waals surface area contributed by atoms with Gasteiger partial charge in [-0.05, 0) is 41.7 Å². The SMILES string of the molecule is COC1(C(O)c2ccsc2)CCC1. The summed E-state index contributed by atoms with van der Waals surface area (Å²) in [6, 6.07) is 1.97. The van der Waals surface area contributed by atoms with Crippen LogP contribution in [0, 0.1) is 0 Å². The lowest BCUT2D eigenvalue weighted by Gasteiger charge is -2.43. The number of aliphatic hydroxyl groups excluding tert-OH is 1. The molecule has 1 N–H and O–H groups in total. The Balaban J connectivity index is 2.16. The van der Waals surface area contributed by atoms with Gasteiger partial charge in [0.15, 0.2) is 0 Å². The van der Waals surface area contributed by atoms with Crippen LogP contribution in [0.3, 0.4) is 0 Å². The maximum atomic E-state index is 10.1. The highest BCUT2D eigenvalue weighted by atomic mass is 32.1. The van der Waals surface area contributed by atoms with Crippen LogP contribution in [0.25, 0.3) is 0 Å². The zero-order valence-corrected chi connectivity index (χ0v) is 8.51. The van der Waals surface area contributed by atoms with Crippen LogP contribution in [0.15, 0.2) is 16.8 Å². The van der Waals surface area contributed by atoms with Crippen molar-refractivity contribution in [1.82, 2.24) is 0 Å². The van der Waals surface area contributed by atoms with Gasteiger partial charge in [0.25, 0.3) is 0 Å². The van der Waals surface area contributed by atoms with Crippen LogP contribution < -0.4 is 0 Å². The number of thiophene rings is 1. The lowest BCUT2D eigenvalue weighted by atomic mass is 9.74. The van der Waals surface area contributed by atoms with E-state index in [1.54, 1.807) is 18.4 Å². The fourth-order valence-electron chi connectivity index (χ4n) is 1.85. The minimum atomic E-state index is -0.447. The number of aliphatic hydroxyl groups is 1. The fraction of sp³-hybridized carbons (Fsp3) is 0.600. The van der Waals surface area contributed by atoms with Gasteiger partial charge in [-0.1, -0.05) is 0 Å². The lowest BCUT2D eigenvalue weighted by Crippen LogP contribution is -2.44. The molecule has 2 rings (SSSR count). The molecule has 13 heavy (non-hydrogen) atoms. The summed E-state index contributed by atoms with van der Waals surface area (Å²) in [6.45, 7) is 0. The Morgan fingerprint density at radius 3 is 2.77 bits per heavy atom. The third-order valence-electron chi connectivity index (χ3n) is 2.96. The Kier molecular flexibility index (Phi) is 2.41. The van der Waals surface area contributed by atoms with E-state index in [4.69, 9.17) is 4.74 Å². The zero-order valence-electron chi connectivity index (χ0n) is 7.69. The van der Waals surface area contributed by atoms with Crippen molar-refractivity contribution in [1.29, 1.82) is 0 Å². The summed E-state index contributed by atoms with van der Waals surface area (Å²) < 4.78 is 5.41. The first-order chi connectivity index (χ1) is 6.28. The monoisotopic (exact) mass is 198 g/mol. The molecule has 1 aromatic heterocycles. The Hall–Kier alpha value is -0.380. The number of rotatable bonds is 3. The molecule has 0 spiro atoms. The molecule has 1 heterocycles. The highest BCUT2D eigenvalue weighted by Gasteiger charge is 2.44. The van der Waals surface area contributed by atoms with E-state index in [0.29, 0.717) is 0 Å². The molecular weight excluding hydrogens is 184 g/mol. The topological polar surface area (TPSA) is 29.5 Å². The molecule has 2 nitrogen and oxygen atoms in total. The molecule has 1 atom stereocenters. The smallest absolute Gasteiger partial charge is 0.109 e. The minimum Gasteiger partial charge on any atom is -0.385 e. The molecule has 0 aliphatic heterocycles. The fourth-order valence-corrected chi connectivity index (χ4v) is 2.53. The standard InChI is InChI=1S/C10H14O2S/c1-12-10(4-2-5-10)9(11)8-3-6-13-7-8/h3,6-7,9,11H,2,4-5H2,1H3. The van der Waals surface area contributed by atoms with E-state index in [2.05, 4.69) is 0 Å². The van der Waals surface area contributed by atoms with Crippen LogP contribution >= 0.6 is 11.3 Å². The van der Waals surface area contributed by atoms with Crippen molar-refractivity contribution in [3.63, 3.8) is 0 Å². The van der Waals surface area contributed by atoms with Crippen molar-refractivity contribution in [2.24, 2.45) is 0 Å². The quantitative estimate of drug-likeness (QED) is 0.808. The normalized spacial score (nSPS) is 22.3. The van der Waals surface area contributed by atoms with Crippen molar-refractivity contribution >= 4 is 11.3 Å².